The molecule has 0 aliphatic heterocycles. The highest BCUT2D eigenvalue weighted by Gasteiger charge is 2.24. The molecule has 1 saturated carbocycles. The first-order valence-electron chi connectivity index (χ1n) is 7.30. The normalized spacial score (nSPS) is 22.9. The van der Waals surface area contributed by atoms with E-state index in [1.54, 1.807) is 6.20 Å². The van der Waals surface area contributed by atoms with Crippen LogP contribution < -0.4 is 11.1 Å². The van der Waals surface area contributed by atoms with Gasteiger partial charge >= 0.3 is 0 Å². The summed E-state index contributed by atoms with van der Waals surface area (Å²) in [6.07, 6.45) is 6.41. The van der Waals surface area contributed by atoms with Gasteiger partial charge in [0.2, 0.25) is 0 Å². The quantitative estimate of drug-likeness (QED) is 0.751. The second-order valence-corrected chi connectivity index (χ2v) is 5.58. The zero-order chi connectivity index (χ0) is 13.9. The van der Waals surface area contributed by atoms with E-state index in [1.165, 1.54) is 12.8 Å². The Morgan fingerprint density at radius 1 is 1.25 bits per heavy atom. The molecule has 1 aromatic heterocycles. The SMILES string of the molecule is Nc1ccc(NC2CCCCC2CO)c2cccnc12. The zero-order valence-corrected chi connectivity index (χ0v) is 11.5. The molecule has 0 bridgehead atoms. The molecule has 2 atom stereocenters. The molecule has 20 heavy (non-hydrogen) atoms. The third kappa shape index (κ3) is 2.43. The Morgan fingerprint density at radius 3 is 2.95 bits per heavy atom. The van der Waals surface area contributed by atoms with Gasteiger partial charge in [-0.2, -0.15) is 0 Å². The highest BCUT2D eigenvalue weighted by molar-refractivity contribution is 5.98. The molecule has 1 fully saturated rings. The molecular formula is C16H21N3O. The first-order chi connectivity index (χ1) is 9.79. The molecule has 1 aliphatic rings. The van der Waals surface area contributed by atoms with Gasteiger partial charge in [-0.05, 0) is 37.1 Å². The van der Waals surface area contributed by atoms with Gasteiger partial charge in [0.1, 0.15) is 0 Å². The Hall–Kier alpha value is -1.81. The first-order valence-corrected chi connectivity index (χ1v) is 7.30. The molecule has 0 amide bonds. The van der Waals surface area contributed by atoms with Crippen LogP contribution in [-0.2, 0) is 0 Å². The number of aliphatic hydroxyl groups is 1. The highest BCUT2D eigenvalue weighted by atomic mass is 16.3. The van der Waals surface area contributed by atoms with E-state index in [4.69, 9.17) is 5.73 Å². The van der Waals surface area contributed by atoms with E-state index in [0.29, 0.717) is 17.6 Å². The number of aromatic nitrogens is 1. The topological polar surface area (TPSA) is 71.2 Å². The fourth-order valence-corrected chi connectivity index (χ4v) is 3.14. The molecule has 1 aliphatic carbocycles. The number of aliphatic hydroxyl groups excluding tert-OH is 1. The van der Waals surface area contributed by atoms with Crippen LogP contribution in [0.5, 0.6) is 0 Å². The number of benzene rings is 1. The number of pyridine rings is 1. The van der Waals surface area contributed by atoms with Gasteiger partial charge in [0.15, 0.2) is 0 Å². The second kappa shape index (κ2) is 5.67. The molecule has 0 saturated heterocycles. The number of anilines is 2. The molecule has 0 spiro atoms. The standard InChI is InChI=1S/C16H21N3O/c17-13-7-8-15(12-5-3-9-18-16(12)13)19-14-6-2-1-4-11(14)10-20/h3,5,7-9,11,14,19-20H,1-2,4,6,10,17H2. The van der Waals surface area contributed by atoms with Gasteiger partial charge in [-0.1, -0.05) is 12.8 Å². The largest absolute Gasteiger partial charge is 0.397 e. The Morgan fingerprint density at radius 2 is 2.10 bits per heavy atom. The van der Waals surface area contributed by atoms with Crippen molar-refractivity contribution in [3.63, 3.8) is 0 Å². The van der Waals surface area contributed by atoms with Crippen molar-refractivity contribution in [2.45, 2.75) is 31.7 Å². The smallest absolute Gasteiger partial charge is 0.0951 e. The minimum Gasteiger partial charge on any atom is -0.397 e. The lowest BCUT2D eigenvalue weighted by atomic mass is 9.85. The predicted octanol–water partition coefficient (Wildman–Crippen LogP) is 2.78. The summed E-state index contributed by atoms with van der Waals surface area (Å²) in [6.45, 7) is 0.253. The Kier molecular flexibility index (Phi) is 3.74. The molecule has 2 aromatic rings. The van der Waals surface area contributed by atoms with E-state index >= 15 is 0 Å². The third-order valence-electron chi connectivity index (χ3n) is 4.29. The van der Waals surface area contributed by atoms with Crippen molar-refractivity contribution in [2.75, 3.05) is 17.7 Å². The van der Waals surface area contributed by atoms with Gasteiger partial charge in [0, 0.05) is 35.8 Å². The van der Waals surface area contributed by atoms with Crippen molar-refractivity contribution in [3.8, 4) is 0 Å². The van der Waals surface area contributed by atoms with Crippen molar-refractivity contribution in [1.29, 1.82) is 0 Å². The van der Waals surface area contributed by atoms with Crippen LogP contribution in [0.3, 0.4) is 0 Å². The van der Waals surface area contributed by atoms with Crippen molar-refractivity contribution < 1.29 is 5.11 Å². The Labute approximate surface area is 119 Å². The molecule has 1 heterocycles. The number of nitrogens with one attached hydrogen (secondary N) is 1. The lowest BCUT2D eigenvalue weighted by Crippen LogP contribution is -2.34. The summed E-state index contributed by atoms with van der Waals surface area (Å²) < 4.78 is 0. The van der Waals surface area contributed by atoms with Crippen LogP contribution in [-0.4, -0.2) is 22.7 Å². The number of nitrogen functional groups attached to an aromatic ring is 1. The maximum Gasteiger partial charge on any atom is 0.0951 e. The Balaban J connectivity index is 1.92. The molecule has 0 radical (unpaired) electrons. The Bertz CT molecular complexity index is 599. The summed E-state index contributed by atoms with van der Waals surface area (Å²) >= 11 is 0. The van der Waals surface area contributed by atoms with Crippen molar-refractivity contribution >= 4 is 22.3 Å². The molecule has 4 heteroatoms. The first kappa shape index (κ1) is 13.2. The number of rotatable bonds is 3. The van der Waals surface area contributed by atoms with E-state index in [0.717, 1.165) is 29.4 Å². The number of fused-ring (bicyclic) bond motifs is 1. The summed E-state index contributed by atoms with van der Waals surface area (Å²) in [5.74, 6) is 0.341. The van der Waals surface area contributed by atoms with Crippen LogP contribution in [0.4, 0.5) is 11.4 Å². The van der Waals surface area contributed by atoms with Gasteiger partial charge in [-0.25, -0.2) is 0 Å². The average Bonchev–Trinajstić information content (AvgIpc) is 2.51. The van der Waals surface area contributed by atoms with E-state index in [9.17, 15) is 5.11 Å². The predicted molar refractivity (Wildman–Crippen MR) is 82.6 cm³/mol. The summed E-state index contributed by atoms with van der Waals surface area (Å²) in [4.78, 5) is 4.36. The number of nitrogens with zero attached hydrogens (tertiary/aromatic N) is 1. The lowest BCUT2D eigenvalue weighted by molar-refractivity contribution is 0.178. The minimum atomic E-state index is 0.253. The van der Waals surface area contributed by atoms with E-state index in [2.05, 4.69) is 10.3 Å². The van der Waals surface area contributed by atoms with Crippen LogP contribution in [0, 0.1) is 5.92 Å². The highest BCUT2D eigenvalue weighted by Crippen LogP contribution is 2.31. The summed E-state index contributed by atoms with van der Waals surface area (Å²) in [5.41, 5.74) is 8.59. The maximum atomic E-state index is 9.52. The van der Waals surface area contributed by atoms with Crippen LogP contribution in [0.25, 0.3) is 10.9 Å². The van der Waals surface area contributed by atoms with E-state index < -0.39 is 0 Å². The second-order valence-electron chi connectivity index (χ2n) is 5.58. The van der Waals surface area contributed by atoms with Crippen LogP contribution in [0.2, 0.25) is 0 Å². The maximum absolute atomic E-state index is 9.52. The monoisotopic (exact) mass is 271 g/mol. The van der Waals surface area contributed by atoms with Crippen LogP contribution in [0.15, 0.2) is 30.5 Å². The van der Waals surface area contributed by atoms with Gasteiger partial charge < -0.3 is 16.2 Å². The number of hydrogen-bond donors (Lipinski definition) is 3. The van der Waals surface area contributed by atoms with Gasteiger partial charge in [0.25, 0.3) is 0 Å². The van der Waals surface area contributed by atoms with E-state index in [1.807, 2.05) is 24.3 Å². The van der Waals surface area contributed by atoms with Crippen LogP contribution >= 0.6 is 0 Å². The fraction of sp³-hybridized carbons (Fsp3) is 0.438. The minimum absolute atomic E-state index is 0.253. The van der Waals surface area contributed by atoms with E-state index in [-0.39, 0.29) is 6.61 Å². The summed E-state index contributed by atoms with van der Waals surface area (Å²) in [7, 11) is 0. The third-order valence-corrected chi connectivity index (χ3v) is 4.29. The van der Waals surface area contributed by atoms with Crippen molar-refractivity contribution in [3.05, 3.63) is 30.5 Å². The summed E-state index contributed by atoms with van der Waals surface area (Å²) in [6, 6.07) is 8.21. The van der Waals surface area contributed by atoms with Crippen molar-refractivity contribution in [2.24, 2.45) is 5.92 Å². The molecule has 4 N–H and O–H groups in total. The lowest BCUT2D eigenvalue weighted by Gasteiger charge is -2.32. The van der Waals surface area contributed by atoms with Gasteiger partial charge in [-0.15, -0.1) is 0 Å². The zero-order valence-electron chi connectivity index (χ0n) is 11.5. The number of nitrogens with two attached hydrogens (primary N) is 1. The molecule has 2 unspecified atom stereocenters. The molecule has 3 rings (SSSR count). The molecule has 4 nitrogen and oxygen atoms in total. The van der Waals surface area contributed by atoms with Crippen molar-refractivity contribution in [1.82, 2.24) is 4.98 Å². The summed E-state index contributed by atoms with van der Waals surface area (Å²) in [5, 5.41) is 14.2. The fourth-order valence-electron chi connectivity index (χ4n) is 3.14. The molecule has 106 valence electrons. The van der Waals surface area contributed by atoms with Crippen LogP contribution in [0.1, 0.15) is 25.7 Å². The van der Waals surface area contributed by atoms with Gasteiger partial charge in [0.05, 0.1) is 11.2 Å². The van der Waals surface area contributed by atoms with Gasteiger partial charge in [-0.3, -0.25) is 4.98 Å². The number of hydrogen-bond acceptors (Lipinski definition) is 4. The molecule has 1 aromatic carbocycles. The average molecular weight is 271 g/mol. The molecular weight excluding hydrogens is 250 g/mol.